The summed E-state index contributed by atoms with van der Waals surface area (Å²) in [5.74, 6) is -1.40. The molecule has 1 saturated heterocycles. The molecule has 0 aliphatic carbocycles. The van der Waals surface area contributed by atoms with Crippen LogP contribution in [-0.2, 0) is 6.18 Å². The van der Waals surface area contributed by atoms with E-state index in [2.05, 4.69) is 16.3 Å². The predicted molar refractivity (Wildman–Crippen MR) is 135 cm³/mol. The maximum atomic E-state index is 13.7. The fraction of sp³-hybridized carbons (Fsp3) is 0.286. The third-order valence-electron chi connectivity index (χ3n) is 6.33. The smallest absolute Gasteiger partial charge is 0.308 e. The monoisotopic (exact) mass is 510 g/mol. The third-order valence-corrected chi connectivity index (χ3v) is 6.33. The van der Waals surface area contributed by atoms with Gasteiger partial charge in [-0.1, -0.05) is 24.3 Å². The van der Waals surface area contributed by atoms with Crippen LogP contribution in [-0.4, -0.2) is 37.1 Å². The lowest BCUT2D eigenvalue weighted by Gasteiger charge is -2.31. The van der Waals surface area contributed by atoms with Crippen molar-refractivity contribution in [3.63, 3.8) is 0 Å². The molecule has 3 aromatic carbocycles. The van der Waals surface area contributed by atoms with Gasteiger partial charge in [0.1, 0.15) is 5.82 Å². The summed E-state index contributed by atoms with van der Waals surface area (Å²) in [5, 5.41) is 11.6. The Morgan fingerprint density at radius 2 is 1.76 bits per heavy atom. The van der Waals surface area contributed by atoms with Gasteiger partial charge in [-0.25, -0.2) is 9.18 Å². The Labute approximate surface area is 212 Å². The molecule has 37 heavy (non-hydrogen) atoms. The van der Waals surface area contributed by atoms with Gasteiger partial charge in [0.15, 0.2) is 0 Å². The van der Waals surface area contributed by atoms with Crippen LogP contribution in [0.5, 0.6) is 0 Å². The molecule has 1 fully saturated rings. The van der Waals surface area contributed by atoms with Gasteiger partial charge in [0.2, 0.25) is 0 Å². The third kappa shape index (κ3) is 6.66. The largest absolute Gasteiger partial charge is 0.419 e. The molecule has 0 radical (unpaired) electrons. The number of anilines is 2. The predicted octanol–water partition coefficient (Wildman–Crippen LogP) is 6.91. The van der Waals surface area contributed by atoms with Gasteiger partial charge in [0, 0.05) is 17.9 Å². The van der Waals surface area contributed by atoms with Crippen LogP contribution >= 0.6 is 0 Å². The summed E-state index contributed by atoms with van der Waals surface area (Å²) < 4.78 is 53.1. The molecule has 0 aromatic heterocycles. The molecule has 0 spiro atoms. The van der Waals surface area contributed by atoms with Crippen molar-refractivity contribution in [1.29, 1.82) is 5.26 Å². The first-order valence-electron chi connectivity index (χ1n) is 12.0. The highest BCUT2D eigenvalue weighted by Gasteiger charge is 2.34. The van der Waals surface area contributed by atoms with Gasteiger partial charge in [0.25, 0.3) is 0 Å². The van der Waals surface area contributed by atoms with E-state index in [1.807, 2.05) is 18.2 Å². The Kier molecular flexibility index (Phi) is 8.09. The van der Waals surface area contributed by atoms with Crippen LogP contribution in [0.2, 0.25) is 0 Å². The molecule has 1 aliphatic rings. The minimum atomic E-state index is -4.87. The number of amides is 2. The van der Waals surface area contributed by atoms with Crippen LogP contribution in [0.25, 0.3) is 11.1 Å². The number of nitrogens with zero attached hydrogens (tertiary/aromatic N) is 3. The molecule has 3 aromatic rings. The second-order valence-electron chi connectivity index (χ2n) is 8.92. The number of carbonyl (C=O) groups excluding carboxylic acids is 1. The molecule has 1 heterocycles. The van der Waals surface area contributed by atoms with Crippen molar-refractivity contribution < 1.29 is 22.4 Å². The second kappa shape index (κ2) is 11.4. The van der Waals surface area contributed by atoms with Crippen LogP contribution < -0.4 is 10.2 Å². The van der Waals surface area contributed by atoms with E-state index in [4.69, 9.17) is 5.26 Å². The highest BCUT2D eigenvalue weighted by molar-refractivity contribution is 6.01. The number of hydrogen-bond acceptors (Lipinski definition) is 3. The van der Waals surface area contributed by atoms with Gasteiger partial charge in [-0.2, -0.15) is 18.4 Å². The maximum Gasteiger partial charge on any atom is 0.419 e. The summed E-state index contributed by atoms with van der Waals surface area (Å²) >= 11 is 0. The Morgan fingerprint density at radius 1 is 1.00 bits per heavy atom. The van der Waals surface area contributed by atoms with E-state index < -0.39 is 23.6 Å². The van der Waals surface area contributed by atoms with Gasteiger partial charge in [-0.15, -0.1) is 0 Å². The molecule has 4 rings (SSSR count). The van der Waals surface area contributed by atoms with E-state index in [1.165, 1.54) is 11.3 Å². The van der Waals surface area contributed by atoms with Crippen molar-refractivity contribution in [2.45, 2.75) is 25.4 Å². The van der Waals surface area contributed by atoms with Gasteiger partial charge in [-0.05, 0) is 92.5 Å². The van der Waals surface area contributed by atoms with E-state index in [9.17, 15) is 22.4 Å². The quantitative estimate of drug-likeness (QED) is 0.265. The second-order valence-corrected chi connectivity index (χ2v) is 8.92. The standard InChI is InChI=1S/C28H26F4N4O/c29-26-12-9-23(18-25(26)28(30,31)32)34-27(37)36(16-2-1-13-35-14-4-15-35)24-10-7-21(8-11-24)22-6-3-5-20(17-22)19-33/h3,5-12,17-18H,1-2,4,13-16H2,(H,34,37). The van der Waals surface area contributed by atoms with Gasteiger partial charge in [-0.3, -0.25) is 4.90 Å². The van der Waals surface area contributed by atoms with Crippen LogP contribution in [0.15, 0.2) is 66.7 Å². The molecule has 0 atom stereocenters. The van der Waals surface area contributed by atoms with Gasteiger partial charge in [0.05, 0.1) is 17.2 Å². The lowest BCUT2D eigenvalue weighted by Crippen LogP contribution is -2.39. The number of rotatable bonds is 8. The van der Waals surface area contributed by atoms with Gasteiger partial charge < -0.3 is 10.2 Å². The van der Waals surface area contributed by atoms with Crippen LogP contribution in [0.3, 0.4) is 0 Å². The summed E-state index contributed by atoms with van der Waals surface area (Å²) in [5.41, 5.74) is 1.22. The molecule has 1 aliphatic heterocycles. The van der Waals surface area contributed by atoms with Crippen molar-refractivity contribution >= 4 is 17.4 Å². The normalized spacial score (nSPS) is 13.5. The number of carbonyl (C=O) groups is 1. The van der Waals surface area contributed by atoms with Crippen molar-refractivity contribution in [1.82, 2.24) is 4.90 Å². The summed E-state index contributed by atoms with van der Waals surface area (Å²) in [7, 11) is 0. The molecule has 1 N–H and O–H groups in total. The Bertz CT molecular complexity index is 1280. The molecular formula is C28H26F4N4O. The minimum Gasteiger partial charge on any atom is -0.308 e. The summed E-state index contributed by atoms with van der Waals surface area (Å²) in [6, 6.07) is 18.2. The Hall–Kier alpha value is -3.90. The van der Waals surface area contributed by atoms with Crippen molar-refractivity contribution in [3.05, 3.63) is 83.7 Å². The molecule has 0 saturated carbocycles. The number of hydrogen-bond donors (Lipinski definition) is 1. The van der Waals surface area contributed by atoms with Crippen molar-refractivity contribution in [2.24, 2.45) is 0 Å². The first kappa shape index (κ1) is 26.2. The van der Waals surface area contributed by atoms with Crippen LogP contribution in [0.1, 0.15) is 30.4 Å². The topological polar surface area (TPSA) is 59.4 Å². The fourth-order valence-electron chi connectivity index (χ4n) is 4.17. The van der Waals surface area contributed by atoms with E-state index in [-0.39, 0.29) is 5.69 Å². The molecular weight excluding hydrogens is 484 g/mol. The molecule has 192 valence electrons. The van der Waals surface area contributed by atoms with Crippen molar-refractivity contribution in [2.75, 3.05) is 36.4 Å². The van der Waals surface area contributed by atoms with Gasteiger partial charge >= 0.3 is 12.2 Å². The number of nitrogens with one attached hydrogen (secondary N) is 1. The van der Waals surface area contributed by atoms with E-state index in [1.54, 1.807) is 30.3 Å². The first-order chi connectivity index (χ1) is 17.7. The van der Waals surface area contributed by atoms with E-state index in [0.29, 0.717) is 36.3 Å². The Morgan fingerprint density at radius 3 is 2.41 bits per heavy atom. The summed E-state index contributed by atoms with van der Waals surface area (Å²) in [6.07, 6.45) is -2.11. The SMILES string of the molecule is N#Cc1cccc(-c2ccc(N(CCCCN3CCC3)C(=O)Nc3ccc(F)c(C(F)(F)F)c3)cc2)c1. The number of nitriles is 1. The average molecular weight is 511 g/mol. The average Bonchev–Trinajstić information content (AvgIpc) is 2.85. The minimum absolute atomic E-state index is 0.144. The fourth-order valence-corrected chi connectivity index (χ4v) is 4.17. The summed E-state index contributed by atoms with van der Waals surface area (Å²) in [4.78, 5) is 17.0. The van der Waals surface area contributed by atoms with Crippen LogP contribution in [0, 0.1) is 17.1 Å². The number of benzene rings is 3. The van der Waals surface area contributed by atoms with E-state index in [0.717, 1.165) is 43.2 Å². The maximum absolute atomic E-state index is 13.7. The van der Waals surface area contributed by atoms with Crippen molar-refractivity contribution in [3.8, 4) is 17.2 Å². The molecule has 5 nitrogen and oxygen atoms in total. The van der Waals surface area contributed by atoms with Crippen LogP contribution in [0.4, 0.5) is 33.7 Å². The highest BCUT2D eigenvalue weighted by atomic mass is 19.4. The number of likely N-dealkylation sites (tertiary alicyclic amines) is 1. The summed E-state index contributed by atoms with van der Waals surface area (Å²) in [6.45, 7) is 3.43. The zero-order valence-corrected chi connectivity index (χ0v) is 20.1. The highest BCUT2D eigenvalue weighted by Crippen LogP contribution is 2.33. The Balaban J connectivity index is 1.53. The molecule has 0 unspecified atom stereocenters. The zero-order valence-electron chi connectivity index (χ0n) is 20.1. The van der Waals surface area contributed by atoms with E-state index >= 15 is 0 Å². The molecule has 2 amide bonds. The number of unbranched alkanes of at least 4 members (excludes halogenated alkanes) is 1. The molecule has 0 bridgehead atoms. The first-order valence-corrected chi connectivity index (χ1v) is 12.0. The number of urea groups is 1. The zero-order chi connectivity index (χ0) is 26.4. The number of alkyl halides is 3. The lowest BCUT2D eigenvalue weighted by atomic mass is 10.0. The number of halogens is 4. The molecule has 9 heteroatoms. The lowest BCUT2D eigenvalue weighted by molar-refractivity contribution is -0.139.